The van der Waals surface area contributed by atoms with Crippen molar-refractivity contribution in [2.24, 2.45) is 11.0 Å². The summed E-state index contributed by atoms with van der Waals surface area (Å²) in [6.07, 6.45) is 5.35. The summed E-state index contributed by atoms with van der Waals surface area (Å²) < 4.78 is 0. The van der Waals surface area contributed by atoms with E-state index in [-0.39, 0.29) is 23.7 Å². The average Bonchev–Trinajstić information content (AvgIpc) is 3.09. The van der Waals surface area contributed by atoms with Gasteiger partial charge in [-0.1, -0.05) is 60.7 Å². The van der Waals surface area contributed by atoms with Crippen molar-refractivity contribution >= 4 is 29.3 Å². The molecule has 0 spiro atoms. The van der Waals surface area contributed by atoms with Gasteiger partial charge in [-0.3, -0.25) is 4.79 Å². The molecule has 0 unspecified atom stereocenters. The Hall–Kier alpha value is -2.39. The van der Waals surface area contributed by atoms with E-state index in [1.54, 1.807) is 5.01 Å². The minimum atomic E-state index is -0.138. The van der Waals surface area contributed by atoms with Gasteiger partial charge in [-0.15, -0.1) is 11.6 Å². The third-order valence-corrected chi connectivity index (χ3v) is 5.38. The van der Waals surface area contributed by atoms with E-state index in [0.29, 0.717) is 0 Å². The van der Waals surface area contributed by atoms with Crippen molar-refractivity contribution in [3.8, 4) is 0 Å². The lowest BCUT2D eigenvalue weighted by Gasteiger charge is -2.29. The molecule has 0 aromatic heterocycles. The predicted molar refractivity (Wildman–Crippen MR) is 106 cm³/mol. The SMILES string of the molecule is O=C(CCl)N1N=C2/C(=C\c3ccccc3)CCC[C@@H]2[C@@H]1c1ccccc1. The number of hydrogen-bond donors (Lipinski definition) is 0. The van der Waals surface area contributed by atoms with Crippen molar-refractivity contribution in [3.05, 3.63) is 77.4 Å². The molecule has 1 fully saturated rings. The van der Waals surface area contributed by atoms with E-state index in [1.165, 1.54) is 11.1 Å². The molecule has 1 amide bonds. The van der Waals surface area contributed by atoms with E-state index in [2.05, 4.69) is 30.3 Å². The van der Waals surface area contributed by atoms with Gasteiger partial charge in [0.1, 0.15) is 5.88 Å². The molecule has 1 saturated carbocycles. The number of carbonyl (C=O) groups excluding carboxylic acids is 1. The van der Waals surface area contributed by atoms with Crippen LogP contribution in [0.15, 0.2) is 71.3 Å². The topological polar surface area (TPSA) is 32.7 Å². The van der Waals surface area contributed by atoms with Crippen LogP contribution in [0.4, 0.5) is 0 Å². The standard InChI is InChI=1S/C22H21ClN2O/c23-15-20(26)25-22(17-10-5-2-6-11-17)19-13-7-12-18(21(19)24-25)14-16-8-3-1-4-9-16/h1-6,8-11,14,19,22H,7,12-13,15H2/b18-14-/t19-,22-/m0/s1. The maximum atomic E-state index is 12.5. The molecule has 0 saturated heterocycles. The molecule has 1 aliphatic heterocycles. The van der Waals surface area contributed by atoms with E-state index in [4.69, 9.17) is 16.7 Å². The molecular weight excluding hydrogens is 344 g/mol. The van der Waals surface area contributed by atoms with Gasteiger partial charge in [-0.2, -0.15) is 5.10 Å². The minimum absolute atomic E-state index is 0.0510. The van der Waals surface area contributed by atoms with Gasteiger partial charge < -0.3 is 0 Å². The van der Waals surface area contributed by atoms with Crippen molar-refractivity contribution in [3.63, 3.8) is 0 Å². The molecule has 4 rings (SSSR count). The van der Waals surface area contributed by atoms with Crippen LogP contribution in [0.25, 0.3) is 6.08 Å². The molecule has 0 N–H and O–H groups in total. The Morgan fingerprint density at radius 3 is 2.50 bits per heavy atom. The Labute approximate surface area is 159 Å². The number of hydrazone groups is 1. The Balaban J connectivity index is 1.74. The number of hydrogen-bond acceptors (Lipinski definition) is 2. The van der Waals surface area contributed by atoms with Crippen molar-refractivity contribution in [1.29, 1.82) is 0 Å². The monoisotopic (exact) mass is 364 g/mol. The van der Waals surface area contributed by atoms with Crippen LogP contribution in [0.3, 0.4) is 0 Å². The van der Waals surface area contributed by atoms with Crippen LogP contribution in [0.5, 0.6) is 0 Å². The third-order valence-electron chi connectivity index (χ3n) is 5.15. The predicted octanol–water partition coefficient (Wildman–Crippen LogP) is 5.05. The minimum Gasteiger partial charge on any atom is -0.272 e. The number of carbonyl (C=O) groups is 1. The highest BCUT2D eigenvalue weighted by atomic mass is 35.5. The van der Waals surface area contributed by atoms with Crippen molar-refractivity contribution in [2.45, 2.75) is 25.3 Å². The number of rotatable bonds is 3. The Morgan fingerprint density at radius 2 is 1.81 bits per heavy atom. The number of halogens is 1. The van der Waals surface area contributed by atoms with Gasteiger partial charge in [0.05, 0.1) is 11.8 Å². The lowest BCUT2D eigenvalue weighted by atomic mass is 9.77. The van der Waals surface area contributed by atoms with Gasteiger partial charge in [-0.25, -0.2) is 5.01 Å². The van der Waals surface area contributed by atoms with Crippen LogP contribution >= 0.6 is 11.6 Å². The summed E-state index contributed by atoms with van der Waals surface area (Å²) in [6.45, 7) is 0. The molecule has 0 bridgehead atoms. The second-order valence-electron chi connectivity index (χ2n) is 6.79. The largest absolute Gasteiger partial charge is 0.272 e. The summed E-state index contributed by atoms with van der Waals surface area (Å²) in [5.74, 6) is 0.0413. The third kappa shape index (κ3) is 3.19. The Bertz CT molecular complexity index is 845. The average molecular weight is 365 g/mol. The highest BCUT2D eigenvalue weighted by Crippen LogP contribution is 2.44. The number of benzene rings is 2. The van der Waals surface area contributed by atoms with E-state index >= 15 is 0 Å². The lowest BCUT2D eigenvalue weighted by molar-refractivity contribution is -0.130. The van der Waals surface area contributed by atoms with E-state index < -0.39 is 0 Å². The molecule has 2 atom stereocenters. The molecule has 1 aliphatic carbocycles. The van der Waals surface area contributed by atoms with Crippen LogP contribution in [0.2, 0.25) is 0 Å². The quantitative estimate of drug-likeness (QED) is 0.701. The van der Waals surface area contributed by atoms with Gasteiger partial charge >= 0.3 is 0 Å². The van der Waals surface area contributed by atoms with Gasteiger partial charge in [-0.05, 0) is 42.0 Å². The van der Waals surface area contributed by atoms with Crippen LogP contribution < -0.4 is 0 Å². The number of alkyl halides is 1. The summed E-state index contributed by atoms with van der Waals surface area (Å²) in [4.78, 5) is 12.5. The molecule has 2 aromatic rings. The summed E-state index contributed by atoms with van der Waals surface area (Å²) in [5, 5.41) is 6.38. The number of amides is 1. The van der Waals surface area contributed by atoms with E-state index in [0.717, 1.165) is 30.5 Å². The summed E-state index contributed by atoms with van der Waals surface area (Å²) in [6, 6.07) is 20.4. The van der Waals surface area contributed by atoms with Crippen LogP contribution in [0.1, 0.15) is 36.4 Å². The molecule has 132 valence electrons. The summed E-state index contributed by atoms with van der Waals surface area (Å²) in [7, 11) is 0. The van der Waals surface area contributed by atoms with Crippen LogP contribution in [-0.4, -0.2) is 22.5 Å². The lowest BCUT2D eigenvalue weighted by Crippen LogP contribution is -2.32. The smallest absolute Gasteiger partial charge is 0.258 e. The first-order chi connectivity index (χ1) is 12.8. The Morgan fingerprint density at radius 1 is 1.12 bits per heavy atom. The zero-order valence-corrected chi connectivity index (χ0v) is 15.3. The van der Waals surface area contributed by atoms with Gasteiger partial charge in [0.15, 0.2) is 0 Å². The second-order valence-corrected chi connectivity index (χ2v) is 7.06. The molecule has 0 radical (unpaired) electrons. The first-order valence-corrected chi connectivity index (χ1v) is 9.59. The van der Waals surface area contributed by atoms with Gasteiger partial charge in [0.25, 0.3) is 5.91 Å². The maximum Gasteiger partial charge on any atom is 0.258 e. The zero-order chi connectivity index (χ0) is 17.9. The summed E-state index contributed by atoms with van der Waals surface area (Å²) in [5.41, 5.74) is 4.57. The van der Waals surface area contributed by atoms with Gasteiger partial charge in [0, 0.05) is 5.92 Å². The fourth-order valence-electron chi connectivity index (χ4n) is 4.00. The molecule has 3 nitrogen and oxygen atoms in total. The highest BCUT2D eigenvalue weighted by Gasteiger charge is 2.43. The fourth-order valence-corrected chi connectivity index (χ4v) is 4.12. The van der Waals surface area contributed by atoms with E-state index in [9.17, 15) is 4.79 Å². The van der Waals surface area contributed by atoms with Crippen LogP contribution in [-0.2, 0) is 4.79 Å². The number of allylic oxidation sites excluding steroid dienone is 1. The molecular formula is C22H21ClN2O. The van der Waals surface area contributed by atoms with Crippen molar-refractivity contribution < 1.29 is 4.79 Å². The number of fused-ring (bicyclic) bond motifs is 1. The first-order valence-electron chi connectivity index (χ1n) is 9.05. The normalized spacial score (nSPS) is 23.7. The molecule has 26 heavy (non-hydrogen) atoms. The Kier molecular flexibility index (Phi) is 4.89. The van der Waals surface area contributed by atoms with Crippen molar-refractivity contribution in [1.82, 2.24) is 5.01 Å². The van der Waals surface area contributed by atoms with Crippen molar-refractivity contribution in [2.75, 3.05) is 5.88 Å². The number of nitrogens with zero attached hydrogens (tertiary/aromatic N) is 2. The highest BCUT2D eigenvalue weighted by molar-refractivity contribution is 6.27. The molecule has 1 heterocycles. The van der Waals surface area contributed by atoms with Crippen LogP contribution in [0, 0.1) is 5.92 Å². The van der Waals surface area contributed by atoms with E-state index in [1.807, 2.05) is 36.4 Å². The molecule has 2 aromatic carbocycles. The zero-order valence-electron chi connectivity index (χ0n) is 14.5. The maximum absolute atomic E-state index is 12.5. The molecule has 4 heteroatoms. The first kappa shape index (κ1) is 17.0. The fraction of sp³-hybridized carbons (Fsp3) is 0.273. The second kappa shape index (κ2) is 7.46. The molecule has 2 aliphatic rings. The van der Waals surface area contributed by atoms with Gasteiger partial charge in [0.2, 0.25) is 0 Å². The summed E-state index contributed by atoms with van der Waals surface area (Å²) >= 11 is 5.87.